The Hall–Kier alpha value is -2.04. The molecule has 1 aromatic carbocycles. The summed E-state index contributed by atoms with van der Waals surface area (Å²) in [6, 6.07) is 8.53. The molecule has 0 atom stereocenters. The molecule has 1 saturated carbocycles. The highest BCUT2D eigenvalue weighted by Gasteiger charge is 2.35. The maximum atomic E-state index is 12.5. The van der Waals surface area contributed by atoms with Crippen LogP contribution in [0.15, 0.2) is 24.3 Å². The molecule has 26 heavy (non-hydrogen) atoms. The number of carbonyl (C=O) groups is 2. The number of benzene rings is 1. The lowest BCUT2D eigenvalue weighted by Crippen LogP contribution is -2.42. The Morgan fingerprint density at radius 3 is 2.19 bits per heavy atom. The van der Waals surface area contributed by atoms with Crippen molar-refractivity contribution in [1.82, 2.24) is 4.90 Å². The van der Waals surface area contributed by atoms with Gasteiger partial charge >= 0.3 is 0 Å². The van der Waals surface area contributed by atoms with E-state index in [4.69, 9.17) is 0 Å². The lowest BCUT2D eigenvalue weighted by molar-refractivity contribution is -0.135. The minimum absolute atomic E-state index is 0.000680. The first-order valence-electron chi connectivity index (χ1n) is 9.96. The molecular weight excluding hydrogens is 326 g/mol. The Balaban J connectivity index is 1.51. The normalized spacial score (nSPS) is 18.1. The van der Waals surface area contributed by atoms with Gasteiger partial charge in [0.2, 0.25) is 11.8 Å². The van der Waals surface area contributed by atoms with E-state index in [-0.39, 0.29) is 17.7 Å². The van der Waals surface area contributed by atoms with Crippen molar-refractivity contribution in [3.63, 3.8) is 0 Å². The number of carbonyl (C=O) groups excluding carboxylic acids is 2. The number of anilines is 2. The van der Waals surface area contributed by atoms with Crippen LogP contribution in [0.25, 0.3) is 0 Å². The van der Waals surface area contributed by atoms with Gasteiger partial charge in [-0.15, -0.1) is 0 Å². The van der Waals surface area contributed by atoms with E-state index in [1.54, 1.807) is 0 Å². The average molecular weight is 357 g/mol. The van der Waals surface area contributed by atoms with E-state index < -0.39 is 0 Å². The zero-order valence-corrected chi connectivity index (χ0v) is 16.2. The molecule has 0 unspecified atom stereocenters. The summed E-state index contributed by atoms with van der Waals surface area (Å²) in [5.74, 6) is 0.644. The molecule has 1 aromatic rings. The van der Waals surface area contributed by atoms with Crippen LogP contribution >= 0.6 is 0 Å². The van der Waals surface area contributed by atoms with Crippen molar-refractivity contribution in [2.24, 2.45) is 11.8 Å². The minimum Gasteiger partial charge on any atom is -0.369 e. The number of amides is 2. The fourth-order valence-electron chi connectivity index (χ4n) is 3.78. The van der Waals surface area contributed by atoms with Crippen molar-refractivity contribution < 1.29 is 9.59 Å². The van der Waals surface area contributed by atoms with E-state index in [1.165, 1.54) is 5.69 Å². The van der Waals surface area contributed by atoms with Crippen molar-refractivity contribution in [3.8, 4) is 0 Å². The number of hydrogen-bond acceptors (Lipinski definition) is 3. The first kappa shape index (κ1) is 18.7. The van der Waals surface area contributed by atoms with Gasteiger partial charge in [0.25, 0.3) is 0 Å². The van der Waals surface area contributed by atoms with Crippen molar-refractivity contribution >= 4 is 23.2 Å². The quantitative estimate of drug-likeness (QED) is 0.848. The maximum absolute atomic E-state index is 12.5. The standard InChI is InChI=1S/C21H31N3O2/c1-4-24(15(2)3)19-9-7-18(8-10-19)22-20(25)16-11-13-23(14-12-16)21(26)17-5-6-17/h7-10,15-17H,4-6,11-14H2,1-3H3,(H,22,25). The zero-order chi connectivity index (χ0) is 18.7. The number of nitrogens with zero attached hydrogens (tertiary/aromatic N) is 2. The van der Waals surface area contributed by atoms with Crippen molar-refractivity contribution in [3.05, 3.63) is 24.3 Å². The Bertz CT molecular complexity index is 629. The van der Waals surface area contributed by atoms with Crippen molar-refractivity contribution in [1.29, 1.82) is 0 Å². The van der Waals surface area contributed by atoms with Gasteiger partial charge in [0.05, 0.1) is 0 Å². The molecule has 5 heteroatoms. The highest BCUT2D eigenvalue weighted by molar-refractivity contribution is 5.93. The summed E-state index contributed by atoms with van der Waals surface area (Å²) in [5, 5.41) is 3.04. The van der Waals surface area contributed by atoms with Gasteiger partial charge < -0.3 is 15.1 Å². The van der Waals surface area contributed by atoms with E-state index >= 15 is 0 Å². The van der Waals surface area contributed by atoms with Gasteiger partial charge in [-0.2, -0.15) is 0 Å². The van der Waals surface area contributed by atoms with Crippen LogP contribution in [0.1, 0.15) is 46.5 Å². The lowest BCUT2D eigenvalue weighted by atomic mass is 9.95. The highest BCUT2D eigenvalue weighted by Crippen LogP contribution is 2.32. The molecule has 2 aliphatic rings. The summed E-state index contributed by atoms with van der Waals surface area (Å²) in [6.07, 6.45) is 3.61. The molecule has 2 amide bonds. The second-order valence-electron chi connectivity index (χ2n) is 7.79. The summed E-state index contributed by atoms with van der Waals surface area (Å²) in [4.78, 5) is 28.9. The third-order valence-corrected chi connectivity index (χ3v) is 5.53. The van der Waals surface area contributed by atoms with Crippen LogP contribution in [-0.2, 0) is 9.59 Å². The number of rotatable bonds is 6. The predicted octanol–water partition coefficient (Wildman–Crippen LogP) is 3.51. The van der Waals surface area contributed by atoms with Gasteiger partial charge in [-0.1, -0.05) is 0 Å². The van der Waals surface area contributed by atoms with Gasteiger partial charge in [-0.3, -0.25) is 9.59 Å². The van der Waals surface area contributed by atoms with Crippen LogP contribution in [0, 0.1) is 11.8 Å². The number of hydrogen-bond donors (Lipinski definition) is 1. The van der Waals surface area contributed by atoms with Crippen LogP contribution in [0.2, 0.25) is 0 Å². The van der Waals surface area contributed by atoms with Crippen LogP contribution in [0.5, 0.6) is 0 Å². The van der Waals surface area contributed by atoms with E-state index in [0.29, 0.717) is 25.0 Å². The molecular formula is C21H31N3O2. The first-order chi connectivity index (χ1) is 12.5. The zero-order valence-electron chi connectivity index (χ0n) is 16.2. The van der Waals surface area contributed by atoms with Crippen LogP contribution in [-0.4, -0.2) is 42.4 Å². The van der Waals surface area contributed by atoms with Gasteiger partial charge in [0.15, 0.2) is 0 Å². The van der Waals surface area contributed by atoms with E-state index in [0.717, 1.165) is 37.9 Å². The highest BCUT2D eigenvalue weighted by atomic mass is 16.2. The number of likely N-dealkylation sites (tertiary alicyclic amines) is 1. The second-order valence-corrected chi connectivity index (χ2v) is 7.79. The summed E-state index contributed by atoms with van der Waals surface area (Å²) in [7, 11) is 0. The number of nitrogens with one attached hydrogen (secondary N) is 1. The third kappa shape index (κ3) is 4.37. The fraction of sp³-hybridized carbons (Fsp3) is 0.619. The van der Waals surface area contributed by atoms with Crippen LogP contribution < -0.4 is 10.2 Å². The summed E-state index contributed by atoms with van der Waals surface area (Å²) in [5.41, 5.74) is 2.02. The van der Waals surface area contributed by atoms with Gasteiger partial charge in [-0.05, 0) is 70.7 Å². The van der Waals surface area contributed by atoms with Gasteiger partial charge in [0.1, 0.15) is 0 Å². The molecule has 1 N–H and O–H groups in total. The molecule has 0 radical (unpaired) electrons. The molecule has 1 aliphatic carbocycles. The molecule has 5 nitrogen and oxygen atoms in total. The molecule has 142 valence electrons. The Morgan fingerprint density at radius 2 is 1.69 bits per heavy atom. The predicted molar refractivity (Wildman–Crippen MR) is 105 cm³/mol. The SMILES string of the molecule is CCN(c1ccc(NC(=O)C2CCN(C(=O)C3CC3)CC2)cc1)C(C)C. The van der Waals surface area contributed by atoms with E-state index in [1.807, 2.05) is 17.0 Å². The second kappa shape index (κ2) is 8.11. The van der Waals surface area contributed by atoms with Crippen molar-refractivity contribution in [2.45, 2.75) is 52.5 Å². The third-order valence-electron chi connectivity index (χ3n) is 5.53. The molecule has 0 bridgehead atoms. The molecule has 0 spiro atoms. The summed E-state index contributed by atoms with van der Waals surface area (Å²) >= 11 is 0. The maximum Gasteiger partial charge on any atom is 0.227 e. The van der Waals surface area contributed by atoms with E-state index in [9.17, 15) is 9.59 Å². The number of piperidine rings is 1. The van der Waals surface area contributed by atoms with Crippen molar-refractivity contribution in [2.75, 3.05) is 29.9 Å². The fourth-order valence-corrected chi connectivity index (χ4v) is 3.78. The van der Waals surface area contributed by atoms with E-state index in [2.05, 4.69) is 43.1 Å². The van der Waals surface area contributed by atoms with Crippen LogP contribution in [0.4, 0.5) is 11.4 Å². The largest absolute Gasteiger partial charge is 0.369 e. The Labute approximate surface area is 156 Å². The Morgan fingerprint density at radius 1 is 1.08 bits per heavy atom. The molecule has 1 heterocycles. The minimum atomic E-state index is 0.000680. The Kier molecular flexibility index (Phi) is 5.84. The summed E-state index contributed by atoms with van der Waals surface area (Å²) < 4.78 is 0. The average Bonchev–Trinajstić information content (AvgIpc) is 3.48. The summed E-state index contributed by atoms with van der Waals surface area (Å²) in [6.45, 7) is 8.90. The first-order valence-corrected chi connectivity index (χ1v) is 9.96. The topological polar surface area (TPSA) is 52.7 Å². The molecule has 3 rings (SSSR count). The van der Waals surface area contributed by atoms with Crippen LogP contribution in [0.3, 0.4) is 0 Å². The molecule has 1 aliphatic heterocycles. The molecule has 1 saturated heterocycles. The molecule has 0 aromatic heterocycles. The van der Waals surface area contributed by atoms with Gasteiger partial charge in [-0.25, -0.2) is 0 Å². The smallest absolute Gasteiger partial charge is 0.227 e. The molecule has 2 fully saturated rings. The monoisotopic (exact) mass is 357 g/mol. The lowest BCUT2D eigenvalue weighted by Gasteiger charge is -2.31. The van der Waals surface area contributed by atoms with Gasteiger partial charge in [0, 0.05) is 48.9 Å².